The Hall–Kier alpha value is -3.49. The lowest BCUT2D eigenvalue weighted by Gasteiger charge is -2.34. The van der Waals surface area contributed by atoms with Gasteiger partial charge in [0.05, 0.1) is 24.3 Å². The fourth-order valence-corrected chi connectivity index (χ4v) is 3.44. The summed E-state index contributed by atoms with van der Waals surface area (Å²) in [5, 5.41) is 26.9. The van der Waals surface area contributed by atoms with E-state index in [4.69, 9.17) is 14.7 Å². The van der Waals surface area contributed by atoms with Crippen LogP contribution in [-0.2, 0) is 19.1 Å². The molecule has 1 aliphatic heterocycles. The fourth-order valence-electron chi connectivity index (χ4n) is 3.44. The summed E-state index contributed by atoms with van der Waals surface area (Å²) in [6.45, 7) is 3.35. The number of piperidine rings is 1. The third kappa shape index (κ3) is 7.54. The Balaban J connectivity index is 2.14. The molecule has 1 aromatic carbocycles. The van der Waals surface area contributed by atoms with Crippen molar-refractivity contribution in [2.24, 2.45) is 0 Å². The summed E-state index contributed by atoms with van der Waals surface area (Å²) in [7, 11) is 0. The van der Waals surface area contributed by atoms with Gasteiger partial charge in [-0.05, 0) is 70.0 Å². The van der Waals surface area contributed by atoms with E-state index in [1.807, 2.05) is 6.07 Å². The molecule has 1 unspecified atom stereocenters. The Kier molecular flexibility index (Phi) is 10.4. The number of nitrogens with zero attached hydrogens (tertiary/aromatic N) is 1. The van der Waals surface area contributed by atoms with Crippen molar-refractivity contribution in [1.29, 1.82) is 5.26 Å². The highest BCUT2D eigenvalue weighted by Crippen LogP contribution is 2.22. The molecule has 4 N–H and O–H groups in total. The van der Waals surface area contributed by atoms with Gasteiger partial charge < -0.3 is 30.5 Å². The van der Waals surface area contributed by atoms with Gasteiger partial charge in [-0.3, -0.25) is 9.59 Å². The molecule has 11 nitrogen and oxygen atoms in total. The van der Waals surface area contributed by atoms with Crippen LogP contribution in [0.3, 0.4) is 0 Å². The summed E-state index contributed by atoms with van der Waals surface area (Å²) in [6, 6.07) is 7.52. The van der Waals surface area contributed by atoms with Gasteiger partial charge in [0.25, 0.3) is 5.91 Å². The number of carboxylic acid groups (broad SMARTS) is 1. The maximum absolute atomic E-state index is 13.2. The Morgan fingerprint density at radius 2 is 1.85 bits per heavy atom. The van der Waals surface area contributed by atoms with Crippen molar-refractivity contribution in [2.45, 2.75) is 50.9 Å². The summed E-state index contributed by atoms with van der Waals surface area (Å²) in [5.74, 6) is -3.21. The number of benzene rings is 1. The van der Waals surface area contributed by atoms with Gasteiger partial charge in [-0.25, -0.2) is 9.59 Å². The van der Waals surface area contributed by atoms with E-state index in [0.29, 0.717) is 37.9 Å². The fraction of sp³-hybridized carbons (Fsp3) is 0.522. The molecule has 0 radical (unpaired) electrons. The van der Waals surface area contributed by atoms with Crippen molar-refractivity contribution >= 4 is 23.8 Å². The van der Waals surface area contributed by atoms with Gasteiger partial charge in [0, 0.05) is 18.5 Å². The quantitative estimate of drug-likeness (QED) is 0.198. The van der Waals surface area contributed by atoms with Gasteiger partial charge in [0.15, 0.2) is 5.78 Å². The number of rotatable bonds is 12. The van der Waals surface area contributed by atoms with E-state index in [1.165, 1.54) is 24.3 Å². The molecule has 1 aromatic rings. The predicted molar refractivity (Wildman–Crippen MR) is 120 cm³/mol. The lowest BCUT2D eigenvalue weighted by atomic mass is 10.00. The molecule has 2 amide bonds. The molecule has 1 heterocycles. The number of Topliss-reactive ketones (excluding diaryl/α,β-unsaturated/α-hetero) is 1. The highest BCUT2D eigenvalue weighted by molar-refractivity contribution is 6.10. The summed E-state index contributed by atoms with van der Waals surface area (Å²) < 4.78 is 10.6. The standard InChI is InChI=1S/C23H30N4O7/c1-2-33-22(32)26-12-4-3-5-19(28)23(21(30)31,34-18-10-13-25-14-11-18)27-20(29)17-8-6-16(15-24)7-9-17/h6-9,18,25H,2-5,10-14H2,1H3,(H,26,32)(H,27,29)(H,30,31). The van der Waals surface area contributed by atoms with Crippen molar-refractivity contribution in [1.82, 2.24) is 16.0 Å². The van der Waals surface area contributed by atoms with Crippen molar-refractivity contribution in [3.05, 3.63) is 35.4 Å². The van der Waals surface area contributed by atoms with Crippen LogP contribution in [0.15, 0.2) is 24.3 Å². The number of ether oxygens (including phenoxy) is 2. The summed E-state index contributed by atoms with van der Waals surface area (Å²) in [5.41, 5.74) is -2.13. The number of aliphatic carboxylic acids is 1. The molecule has 0 spiro atoms. The Morgan fingerprint density at radius 1 is 1.18 bits per heavy atom. The Bertz CT molecular complexity index is 907. The van der Waals surface area contributed by atoms with Crippen LogP contribution in [0.5, 0.6) is 0 Å². The highest BCUT2D eigenvalue weighted by atomic mass is 16.6. The number of ketones is 1. The van der Waals surface area contributed by atoms with Crippen molar-refractivity contribution < 1.29 is 33.8 Å². The minimum atomic E-state index is -2.55. The first-order valence-electron chi connectivity index (χ1n) is 11.2. The molecule has 0 bridgehead atoms. The zero-order valence-electron chi connectivity index (χ0n) is 19.1. The number of carboxylic acids is 1. The van der Waals surface area contributed by atoms with Crippen LogP contribution in [0.2, 0.25) is 0 Å². The smallest absolute Gasteiger partial charge is 0.407 e. The number of carbonyl (C=O) groups is 4. The number of unbranched alkanes of at least 4 members (excludes halogenated alkanes) is 1. The molecule has 1 saturated heterocycles. The van der Waals surface area contributed by atoms with E-state index in [-0.39, 0.29) is 31.6 Å². The van der Waals surface area contributed by atoms with E-state index in [2.05, 4.69) is 16.0 Å². The van der Waals surface area contributed by atoms with Crippen molar-refractivity contribution in [3.63, 3.8) is 0 Å². The molecule has 1 fully saturated rings. The van der Waals surface area contributed by atoms with Crippen LogP contribution in [0.25, 0.3) is 0 Å². The van der Waals surface area contributed by atoms with E-state index in [0.717, 1.165) is 0 Å². The van der Waals surface area contributed by atoms with Gasteiger partial charge in [0.2, 0.25) is 0 Å². The third-order valence-corrected chi connectivity index (χ3v) is 5.26. The lowest BCUT2D eigenvalue weighted by Crippen LogP contribution is -2.63. The second-order valence-electron chi connectivity index (χ2n) is 7.72. The van der Waals surface area contributed by atoms with E-state index < -0.39 is 35.6 Å². The Labute approximate surface area is 197 Å². The number of nitrogens with one attached hydrogen (secondary N) is 3. The molecular weight excluding hydrogens is 444 g/mol. The van der Waals surface area contributed by atoms with Crippen LogP contribution < -0.4 is 16.0 Å². The van der Waals surface area contributed by atoms with Crippen molar-refractivity contribution in [3.8, 4) is 6.07 Å². The molecule has 11 heteroatoms. The normalized spacial score (nSPS) is 15.4. The van der Waals surface area contributed by atoms with Gasteiger partial charge in [-0.2, -0.15) is 5.26 Å². The first kappa shape index (κ1) is 26.8. The number of hydrogen-bond donors (Lipinski definition) is 4. The second-order valence-corrected chi connectivity index (χ2v) is 7.72. The predicted octanol–water partition coefficient (Wildman–Crippen LogP) is 1.32. The van der Waals surface area contributed by atoms with Crippen LogP contribution in [-0.4, -0.2) is 66.9 Å². The third-order valence-electron chi connectivity index (χ3n) is 5.26. The molecule has 34 heavy (non-hydrogen) atoms. The average Bonchev–Trinajstić information content (AvgIpc) is 2.83. The SMILES string of the molecule is CCOC(=O)NCCCCC(=O)C(NC(=O)c1ccc(C#N)cc1)(OC1CCNCC1)C(=O)O. The molecule has 184 valence electrons. The summed E-state index contributed by atoms with van der Waals surface area (Å²) >= 11 is 0. The number of hydrogen-bond acceptors (Lipinski definition) is 8. The zero-order chi connectivity index (χ0) is 25.0. The van der Waals surface area contributed by atoms with E-state index in [1.54, 1.807) is 6.92 Å². The highest BCUT2D eigenvalue weighted by Gasteiger charge is 2.50. The van der Waals surface area contributed by atoms with Gasteiger partial charge in [0.1, 0.15) is 0 Å². The number of nitriles is 1. The van der Waals surface area contributed by atoms with Crippen LogP contribution in [0.4, 0.5) is 4.79 Å². The van der Waals surface area contributed by atoms with Gasteiger partial charge in [-0.1, -0.05) is 0 Å². The minimum absolute atomic E-state index is 0.0879. The Morgan fingerprint density at radius 3 is 2.44 bits per heavy atom. The number of alkyl carbamates (subject to hydrolysis) is 1. The first-order chi connectivity index (χ1) is 16.3. The zero-order valence-corrected chi connectivity index (χ0v) is 19.1. The first-order valence-corrected chi connectivity index (χ1v) is 11.2. The molecule has 0 aliphatic carbocycles. The molecular formula is C23H30N4O7. The average molecular weight is 475 g/mol. The molecule has 0 saturated carbocycles. The molecule has 1 atom stereocenters. The van der Waals surface area contributed by atoms with Gasteiger partial charge >= 0.3 is 17.8 Å². The number of carbonyl (C=O) groups excluding carboxylic acids is 3. The van der Waals surface area contributed by atoms with E-state index in [9.17, 15) is 24.3 Å². The lowest BCUT2D eigenvalue weighted by molar-refractivity contribution is -0.185. The maximum atomic E-state index is 13.2. The molecule has 1 aliphatic rings. The maximum Gasteiger partial charge on any atom is 0.407 e. The van der Waals surface area contributed by atoms with Crippen LogP contribution >= 0.6 is 0 Å². The largest absolute Gasteiger partial charge is 0.477 e. The summed E-state index contributed by atoms with van der Waals surface area (Å²) in [6.07, 6.45) is 0.345. The van der Waals surface area contributed by atoms with Crippen LogP contribution in [0.1, 0.15) is 54.9 Å². The van der Waals surface area contributed by atoms with Crippen LogP contribution in [0, 0.1) is 11.3 Å². The minimum Gasteiger partial charge on any atom is -0.477 e. The van der Waals surface area contributed by atoms with Crippen molar-refractivity contribution in [2.75, 3.05) is 26.2 Å². The molecule has 2 rings (SSSR count). The number of amides is 2. The van der Waals surface area contributed by atoms with E-state index >= 15 is 0 Å². The molecule has 0 aromatic heterocycles. The second kappa shape index (κ2) is 13.3. The monoisotopic (exact) mass is 474 g/mol. The summed E-state index contributed by atoms with van der Waals surface area (Å²) in [4.78, 5) is 49.7. The topological polar surface area (TPSA) is 167 Å². The van der Waals surface area contributed by atoms with Gasteiger partial charge in [-0.15, -0.1) is 0 Å².